The van der Waals surface area contributed by atoms with Gasteiger partial charge in [0.25, 0.3) is 0 Å². The Morgan fingerprint density at radius 1 is 1.42 bits per heavy atom. The van der Waals surface area contributed by atoms with Gasteiger partial charge in [0.05, 0.1) is 0 Å². The topological polar surface area (TPSA) is 67.5 Å². The van der Waals surface area contributed by atoms with Crippen LogP contribution >= 0.6 is 0 Å². The highest BCUT2D eigenvalue weighted by Gasteiger charge is 1.90. The number of hydrogen-bond donors (Lipinski definition) is 3. The molecule has 1 aromatic carbocycles. The van der Waals surface area contributed by atoms with E-state index in [1.54, 1.807) is 12.1 Å². The summed E-state index contributed by atoms with van der Waals surface area (Å²) in [7, 11) is 0. The molecular formula is C8H10N2O2. The summed E-state index contributed by atoms with van der Waals surface area (Å²) >= 11 is 0. The first kappa shape index (κ1) is 8.58. The van der Waals surface area contributed by atoms with Gasteiger partial charge in [0, 0.05) is 11.3 Å². The maximum atomic E-state index is 8.06. The van der Waals surface area contributed by atoms with Crippen LogP contribution in [0, 0.1) is 0 Å². The zero-order valence-electron chi connectivity index (χ0n) is 6.40. The van der Waals surface area contributed by atoms with Crippen LogP contribution in [0.2, 0.25) is 0 Å². The molecule has 0 saturated carbocycles. The molecule has 0 spiro atoms. The van der Waals surface area contributed by atoms with Gasteiger partial charge in [-0.3, -0.25) is 5.21 Å². The monoisotopic (exact) mass is 166 g/mol. The van der Waals surface area contributed by atoms with E-state index in [1.165, 1.54) is 11.9 Å². The van der Waals surface area contributed by atoms with Crippen LogP contribution in [-0.4, -0.2) is 5.21 Å². The van der Waals surface area contributed by atoms with Gasteiger partial charge >= 0.3 is 0 Å². The summed E-state index contributed by atoms with van der Waals surface area (Å²) < 4.78 is 0. The number of benzene rings is 1. The third-order valence-corrected chi connectivity index (χ3v) is 1.36. The number of nitrogen functional groups attached to an aromatic ring is 1. The molecule has 1 aromatic rings. The molecule has 0 unspecified atom stereocenters. The van der Waals surface area contributed by atoms with Crippen LogP contribution in [0.3, 0.4) is 0 Å². The van der Waals surface area contributed by atoms with Crippen molar-refractivity contribution in [1.29, 1.82) is 0 Å². The van der Waals surface area contributed by atoms with E-state index in [2.05, 4.69) is 4.84 Å². The van der Waals surface area contributed by atoms with Gasteiger partial charge in [-0.1, -0.05) is 18.2 Å². The Balaban J connectivity index is 2.68. The van der Waals surface area contributed by atoms with E-state index >= 15 is 0 Å². The molecule has 0 aliphatic carbocycles. The van der Waals surface area contributed by atoms with Crippen LogP contribution in [0.25, 0.3) is 6.08 Å². The van der Waals surface area contributed by atoms with Crippen LogP contribution in [0.15, 0.2) is 30.5 Å². The molecule has 0 aromatic heterocycles. The van der Waals surface area contributed by atoms with Gasteiger partial charge in [-0.2, -0.15) is 0 Å². The van der Waals surface area contributed by atoms with Crippen LogP contribution in [0.4, 0.5) is 5.69 Å². The predicted molar refractivity (Wildman–Crippen MR) is 45.9 cm³/mol. The lowest BCUT2D eigenvalue weighted by Crippen LogP contribution is -2.01. The van der Waals surface area contributed by atoms with Crippen LogP contribution in [0.5, 0.6) is 0 Å². The van der Waals surface area contributed by atoms with Crippen molar-refractivity contribution < 1.29 is 10.0 Å². The average molecular weight is 166 g/mol. The molecule has 0 radical (unpaired) electrons. The van der Waals surface area contributed by atoms with Crippen molar-refractivity contribution in [3.63, 3.8) is 0 Å². The second kappa shape index (κ2) is 4.38. The van der Waals surface area contributed by atoms with Crippen molar-refractivity contribution in [1.82, 2.24) is 5.64 Å². The molecule has 12 heavy (non-hydrogen) atoms. The van der Waals surface area contributed by atoms with Gasteiger partial charge in [-0.15, -0.1) is 0 Å². The fourth-order valence-corrected chi connectivity index (χ4v) is 0.800. The van der Waals surface area contributed by atoms with E-state index in [0.29, 0.717) is 5.69 Å². The number of hydrogen-bond acceptors (Lipinski definition) is 4. The zero-order valence-corrected chi connectivity index (χ0v) is 6.40. The number of rotatable bonds is 3. The van der Waals surface area contributed by atoms with Gasteiger partial charge in [0.2, 0.25) is 0 Å². The summed E-state index contributed by atoms with van der Waals surface area (Å²) in [5.41, 5.74) is 8.65. The first-order valence-corrected chi connectivity index (χ1v) is 3.40. The lowest BCUT2D eigenvalue weighted by molar-refractivity contribution is -0.0776. The molecule has 0 aliphatic heterocycles. The molecule has 4 N–H and O–H groups in total. The van der Waals surface area contributed by atoms with E-state index < -0.39 is 0 Å². The fraction of sp³-hybridized carbons (Fsp3) is 0. The Hall–Kier alpha value is -1.52. The van der Waals surface area contributed by atoms with Crippen molar-refractivity contribution in [3.05, 3.63) is 36.1 Å². The minimum atomic E-state index is 0.662. The first-order chi connectivity index (χ1) is 5.84. The Bertz CT molecular complexity index is 274. The Kier molecular flexibility index (Phi) is 3.13. The highest BCUT2D eigenvalue weighted by Crippen LogP contribution is 2.11. The summed E-state index contributed by atoms with van der Waals surface area (Å²) in [6, 6.07) is 7.33. The minimum absolute atomic E-state index is 0.662. The Labute approximate surface area is 70.2 Å². The molecule has 0 heterocycles. The predicted octanol–water partition coefficient (Wildman–Crippen LogP) is 1.15. The first-order valence-electron chi connectivity index (χ1n) is 3.40. The summed E-state index contributed by atoms with van der Waals surface area (Å²) in [6.07, 6.45) is 2.93. The number of nitrogens with two attached hydrogens (primary N) is 1. The van der Waals surface area contributed by atoms with Gasteiger partial charge in [-0.25, -0.2) is 0 Å². The normalized spacial score (nSPS) is 10.4. The lowest BCUT2D eigenvalue weighted by Gasteiger charge is -1.97. The van der Waals surface area contributed by atoms with E-state index in [-0.39, 0.29) is 0 Å². The largest absolute Gasteiger partial charge is 0.398 e. The summed E-state index contributed by atoms with van der Waals surface area (Å²) in [6.45, 7) is 0. The van der Waals surface area contributed by atoms with Gasteiger partial charge in [0.15, 0.2) is 0 Å². The van der Waals surface area contributed by atoms with Crippen molar-refractivity contribution >= 4 is 11.8 Å². The van der Waals surface area contributed by atoms with Crippen molar-refractivity contribution in [2.75, 3.05) is 5.73 Å². The third-order valence-electron chi connectivity index (χ3n) is 1.36. The van der Waals surface area contributed by atoms with E-state index in [4.69, 9.17) is 10.9 Å². The molecule has 0 saturated heterocycles. The third kappa shape index (κ3) is 2.26. The minimum Gasteiger partial charge on any atom is -0.398 e. The van der Waals surface area contributed by atoms with Gasteiger partial charge in [0.1, 0.15) is 6.26 Å². The Morgan fingerprint density at radius 3 is 2.83 bits per heavy atom. The SMILES string of the molecule is Nc1ccccc1/C=C/ONO. The molecular weight excluding hydrogens is 156 g/mol. The van der Waals surface area contributed by atoms with Crippen molar-refractivity contribution in [2.45, 2.75) is 0 Å². The second-order valence-corrected chi connectivity index (χ2v) is 2.14. The van der Waals surface area contributed by atoms with Gasteiger partial charge < -0.3 is 10.6 Å². The molecule has 0 aliphatic rings. The smallest absolute Gasteiger partial charge is 0.115 e. The van der Waals surface area contributed by atoms with Crippen molar-refractivity contribution in [3.8, 4) is 0 Å². The highest BCUT2D eigenvalue weighted by molar-refractivity contribution is 5.63. The lowest BCUT2D eigenvalue weighted by atomic mass is 10.2. The molecule has 0 amide bonds. The van der Waals surface area contributed by atoms with Crippen LogP contribution < -0.4 is 11.4 Å². The number of para-hydroxylation sites is 1. The quantitative estimate of drug-likeness (QED) is 0.358. The van der Waals surface area contributed by atoms with Crippen LogP contribution in [-0.2, 0) is 4.84 Å². The molecule has 0 bridgehead atoms. The zero-order chi connectivity index (χ0) is 8.81. The molecule has 64 valence electrons. The van der Waals surface area contributed by atoms with Gasteiger partial charge in [-0.05, 0) is 17.8 Å². The Morgan fingerprint density at radius 2 is 2.17 bits per heavy atom. The molecule has 0 atom stereocenters. The fourth-order valence-electron chi connectivity index (χ4n) is 0.800. The van der Waals surface area contributed by atoms with E-state index in [9.17, 15) is 0 Å². The standard InChI is InChI=1S/C8H10N2O2/c9-8-4-2-1-3-7(8)5-6-12-10-11/h1-6,10-11H,9H2/b6-5+. The number of nitrogens with one attached hydrogen (secondary N) is 1. The summed E-state index contributed by atoms with van der Waals surface area (Å²) in [5, 5.41) is 8.06. The van der Waals surface area contributed by atoms with Crippen molar-refractivity contribution in [2.24, 2.45) is 0 Å². The van der Waals surface area contributed by atoms with E-state index in [1.807, 2.05) is 18.2 Å². The molecule has 4 heteroatoms. The van der Waals surface area contributed by atoms with E-state index in [0.717, 1.165) is 5.56 Å². The van der Waals surface area contributed by atoms with Crippen LogP contribution in [0.1, 0.15) is 5.56 Å². The summed E-state index contributed by atoms with van der Waals surface area (Å²) in [5.74, 6) is 0. The maximum Gasteiger partial charge on any atom is 0.115 e. The maximum absolute atomic E-state index is 8.06. The highest BCUT2D eigenvalue weighted by atomic mass is 16.8. The molecule has 0 fully saturated rings. The molecule has 4 nitrogen and oxygen atoms in total. The second-order valence-electron chi connectivity index (χ2n) is 2.14. The average Bonchev–Trinajstić information content (AvgIpc) is 2.09. The molecule has 1 rings (SSSR count). The summed E-state index contributed by atoms with van der Waals surface area (Å²) in [4.78, 5) is 4.36. The number of anilines is 1.